The molecule has 124 valence electrons. The van der Waals surface area contributed by atoms with E-state index in [1.54, 1.807) is 0 Å². The van der Waals surface area contributed by atoms with Gasteiger partial charge in [0.1, 0.15) is 17.6 Å². The Kier molecular flexibility index (Phi) is 5.87. The molecule has 23 heavy (non-hydrogen) atoms. The summed E-state index contributed by atoms with van der Waals surface area (Å²) in [4.78, 5) is 0. The van der Waals surface area contributed by atoms with E-state index in [4.69, 9.17) is 4.74 Å². The topological polar surface area (TPSA) is 30.5 Å². The number of hydrogen-bond donors (Lipinski definition) is 1. The summed E-state index contributed by atoms with van der Waals surface area (Å²) in [6, 6.07) is 15.1. The van der Waals surface area contributed by atoms with E-state index in [2.05, 4.69) is 10.1 Å². The number of halogens is 3. The van der Waals surface area contributed by atoms with Crippen molar-refractivity contribution in [3.8, 4) is 11.5 Å². The summed E-state index contributed by atoms with van der Waals surface area (Å²) in [5, 5.41) is 3.06. The highest BCUT2D eigenvalue weighted by Crippen LogP contribution is 2.28. The second kappa shape index (κ2) is 7.87. The van der Waals surface area contributed by atoms with Crippen LogP contribution in [0.25, 0.3) is 0 Å². The standard InChI is InChI=1S/C17H18F3NO2/c1-21-12-11-16(13-5-3-2-4-6-13)22-14-7-9-15(10-8-14)23-17(18,19)20/h2-10,16,21H,11-12H2,1H3. The molecule has 0 saturated heterocycles. The summed E-state index contributed by atoms with van der Waals surface area (Å²) < 4.78 is 46.2. The van der Waals surface area contributed by atoms with E-state index in [0.717, 1.165) is 18.5 Å². The van der Waals surface area contributed by atoms with Crippen molar-refractivity contribution >= 4 is 0 Å². The maximum atomic E-state index is 12.2. The van der Waals surface area contributed by atoms with Crippen LogP contribution in [0.3, 0.4) is 0 Å². The van der Waals surface area contributed by atoms with Crippen molar-refractivity contribution in [3.63, 3.8) is 0 Å². The summed E-state index contributed by atoms with van der Waals surface area (Å²) in [6.07, 6.45) is -4.14. The van der Waals surface area contributed by atoms with Gasteiger partial charge in [-0.3, -0.25) is 0 Å². The van der Waals surface area contributed by atoms with Crippen LogP contribution in [0.1, 0.15) is 18.1 Å². The van der Waals surface area contributed by atoms with E-state index >= 15 is 0 Å². The molecule has 0 aliphatic rings. The maximum absolute atomic E-state index is 12.2. The van der Waals surface area contributed by atoms with Crippen LogP contribution in [-0.2, 0) is 0 Å². The molecule has 2 aromatic rings. The highest BCUT2D eigenvalue weighted by Gasteiger charge is 2.31. The van der Waals surface area contributed by atoms with Crippen molar-refractivity contribution in [1.82, 2.24) is 5.32 Å². The summed E-state index contributed by atoms with van der Waals surface area (Å²) in [5.74, 6) is 0.223. The highest BCUT2D eigenvalue weighted by molar-refractivity contribution is 5.32. The minimum absolute atomic E-state index is 0.182. The van der Waals surface area contributed by atoms with Gasteiger partial charge in [0.25, 0.3) is 0 Å². The van der Waals surface area contributed by atoms with E-state index in [1.165, 1.54) is 24.3 Å². The van der Waals surface area contributed by atoms with Crippen molar-refractivity contribution < 1.29 is 22.6 Å². The molecule has 0 bridgehead atoms. The number of hydrogen-bond acceptors (Lipinski definition) is 3. The normalized spacial score (nSPS) is 12.7. The molecule has 0 aromatic heterocycles. The molecule has 2 rings (SSSR count). The average Bonchev–Trinajstić information content (AvgIpc) is 2.52. The van der Waals surface area contributed by atoms with Crippen LogP contribution in [-0.4, -0.2) is 20.0 Å². The Bertz CT molecular complexity index is 585. The SMILES string of the molecule is CNCCC(Oc1ccc(OC(F)(F)F)cc1)c1ccccc1. The summed E-state index contributed by atoms with van der Waals surface area (Å²) in [7, 11) is 1.85. The van der Waals surface area contributed by atoms with Gasteiger partial charge in [0, 0.05) is 6.42 Å². The third-order valence-electron chi connectivity index (χ3n) is 3.16. The fourth-order valence-corrected chi connectivity index (χ4v) is 2.12. The van der Waals surface area contributed by atoms with E-state index in [1.807, 2.05) is 37.4 Å². The molecule has 0 radical (unpaired) electrons. The first-order valence-corrected chi connectivity index (χ1v) is 7.20. The number of alkyl halides is 3. The number of nitrogens with one attached hydrogen (secondary N) is 1. The Balaban J connectivity index is 2.07. The average molecular weight is 325 g/mol. The van der Waals surface area contributed by atoms with E-state index in [0.29, 0.717) is 5.75 Å². The lowest BCUT2D eigenvalue weighted by Crippen LogP contribution is -2.17. The molecule has 6 heteroatoms. The molecule has 1 atom stereocenters. The fourth-order valence-electron chi connectivity index (χ4n) is 2.12. The van der Waals surface area contributed by atoms with Gasteiger partial charge in [-0.05, 0) is 43.4 Å². The van der Waals surface area contributed by atoms with Crippen LogP contribution in [0.15, 0.2) is 54.6 Å². The number of ether oxygens (including phenoxy) is 2. The molecule has 0 aliphatic carbocycles. The van der Waals surface area contributed by atoms with Crippen LogP contribution in [0.2, 0.25) is 0 Å². The molecular formula is C17H18F3NO2. The molecule has 0 saturated carbocycles. The van der Waals surface area contributed by atoms with Gasteiger partial charge in [-0.15, -0.1) is 13.2 Å². The molecule has 1 N–H and O–H groups in total. The predicted octanol–water partition coefficient (Wildman–Crippen LogP) is 4.31. The Morgan fingerprint density at radius 3 is 2.13 bits per heavy atom. The molecule has 1 unspecified atom stereocenters. The van der Waals surface area contributed by atoms with Crippen molar-refractivity contribution in [1.29, 1.82) is 0 Å². The summed E-state index contributed by atoms with van der Waals surface area (Å²) in [5.41, 5.74) is 1.01. The number of rotatable bonds is 7. The molecule has 0 fully saturated rings. The Morgan fingerprint density at radius 1 is 0.957 bits per heavy atom. The van der Waals surface area contributed by atoms with Crippen LogP contribution in [0, 0.1) is 0 Å². The summed E-state index contributed by atoms with van der Waals surface area (Å²) >= 11 is 0. The van der Waals surface area contributed by atoms with Gasteiger partial charge >= 0.3 is 6.36 Å². The quantitative estimate of drug-likeness (QED) is 0.822. The molecule has 3 nitrogen and oxygen atoms in total. The van der Waals surface area contributed by atoms with Crippen molar-refractivity contribution in [3.05, 3.63) is 60.2 Å². The van der Waals surface area contributed by atoms with Gasteiger partial charge < -0.3 is 14.8 Å². The predicted molar refractivity (Wildman–Crippen MR) is 81.5 cm³/mol. The monoisotopic (exact) mass is 325 g/mol. The van der Waals surface area contributed by atoms with Gasteiger partial charge in [0.05, 0.1) is 0 Å². The first kappa shape index (κ1) is 17.1. The van der Waals surface area contributed by atoms with Crippen LogP contribution >= 0.6 is 0 Å². The minimum Gasteiger partial charge on any atom is -0.486 e. The van der Waals surface area contributed by atoms with Gasteiger partial charge in [-0.1, -0.05) is 30.3 Å². The Morgan fingerprint density at radius 2 is 1.57 bits per heavy atom. The summed E-state index contributed by atoms with van der Waals surface area (Å²) in [6.45, 7) is 0.759. The lowest BCUT2D eigenvalue weighted by atomic mass is 10.1. The van der Waals surface area contributed by atoms with E-state index in [9.17, 15) is 13.2 Å². The lowest BCUT2D eigenvalue weighted by Gasteiger charge is -2.20. The van der Waals surface area contributed by atoms with Crippen LogP contribution < -0.4 is 14.8 Å². The Labute approximate surface area is 133 Å². The molecule has 2 aromatic carbocycles. The molecule has 0 spiro atoms. The van der Waals surface area contributed by atoms with E-state index in [-0.39, 0.29) is 11.9 Å². The molecular weight excluding hydrogens is 307 g/mol. The first-order valence-electron chi connectivity index (χ1n) is 7.20. The zero-order valence-electron chi connectivity index (χ0n) is 12.6. The first-order chi connectivity index (χ1) is 11.0. The second-order valence-electron chi connectivity index (χ2n) is 4.93. The van der Waals surface area contributed by atoms with Gasteiger partial charge in [-0.2, -0.15) is 0 Å². The number of benzene rings is 2. The van der Waals surface area contributed by atoms with Crippen molar-refractivity contribution in [2.75, 3.05) is 13.6 Å². The van der Waals surface area contributed by atoms with Gasteiger partial charge in [0.15, 0.2) is 0 Å². The lowest BCUT2D eigenvalue weighted by molar-refractivity contribution is -0.274. The van der Waals surface area contributed by atoms with Gasteiger partial charge in [-0.25, -0.2) is 0 Å². The zero-order chi connectivity index (χ0) is 16.7. The van der Waals surface area contributed by atoms with Crippen LogP contribution in [0.5, 0.6) is 11.5 Å². The van der Waals surface area contributed by atoms with Crippen molar-refractivity contribution in [2.24, 2.45) is 0 Å². The molecule has 0 amide bonds. The smallest absolute Gasteiger partial charge is 0.486 e. The third kappa shape index (κ3) is 5.83. The second-order valence-corrected chi connectivity index (χ2v) is 4.93. The van der Waals surface area contributed by atoms with E-state index < -0.39 is 6.36 Å². The molecule has 0 heterocycles. The maximum Gasteiger partial charge on any atom is 0.573 e. The fraction of sp³-hybridized carbons (Fsp3) is 0.294. The largest absolute Gasteiger partial charge is 0.573 e. The highest BCUT2D eigenvalue weighted by atomic mass is 19.4. The minimum atomic E-state index is -4.69. The zero-order valence-corrected chi connectivity index (χ0v) is 12.6. The van der Waals surface area contributed by atoms with Crippen LogP contribution in [0.4, 0.5) is 13.2 Å². The Hall–Kier alpha value is -2.21. The van der Waals surface area contributed by atoms with Crippen molar-refractivity contribution in [2.45, 2.75) is 18.9 Å². The third-order valence-corrected chi connectivity index (χ3v) is 3.16. The van der Waals surface area contributed by atoms with Gasteiger partial charge in [0.2, 0.25) is 0 Å². The molecule has 0 aliphatic heterocycles.